The van der Waals surface area contributed by atoms with Gasteiger partial charge >= 0.3 is 5.97 Å². The van der Waals surface area contributed by atoms with Crippen LogP contribution in [0.1, 0.15) is 26.2 Å². The standard InChI is InChI=1S/C20H31N3O3.2ClH/c1-16-14-22(11-8-17-6-9-21-10-7-17)12-13-23(16)18-2-4-19(5-3-18)26-15-20(24)25;;/h2-5,16-17,21H,6-15H2,1H3,(H,24,25);2*1H. The van der Waals surface area contributed by atoms with Gasteiger partial charge in [0.2, 0.25) is 0 Å². The zero-order chi connectivity index (χ0) is 18.4. The van der Waals surface area contributed by atoms with Crippen molar-refractivity contribution in [3.8, 4) is 5.75 Å². The van der Waals surface area contributed by atoms with Crippen LogP contribution >= 0.6 is 24.8 Å². The predicted molar refractivity (Wildman–Crippen MR) is 118 cm³/mol. The van der Waals surface area contributed by atoms with Crippen molar-refractivity contribution in [1.82, 2.24) is 10.2 Å². The minimum atomic E-state index is -0.955. The third-order valence-electron chi connectivity index (χ3n) is 5.55. The number of piperazine rings is 1. The zero-order valence-electron chi connectivity index (χ0n) is 16.5. The van der Waals surface area contributed by atoms with Gasteiger partial charge < -0.3 is 20.1 Å². The molecular weight excluding hydrogens is 401 g/mol. The van der Waals surface area contributed by atoms with E-state index in [4.69, 9.17) is 9.84 Å². The van der Waals surface area contributed by atoms with Crippen molar-refractivity contribution in [1.29, 1.82) is 0 Å². The van der Waals surface area contributed by atoms with Crippen molar-refractivity contribution in [2.24, 2.45) is 5.92 Å². The molecular formula is C20H33Cl2N3O3. The van der Waals surface area contributed by atoms with E-state index in [0.29, 0.717) is 11.8 Å². The van der Waals surface area contributed by atoms with Crippen molar-refractivity contribution in [2.45, 2.75) is 32.2 Å². The molecule has 1 aromatic carbocycles. The number of aliphatic carboxylic acids is 1. The first kappa shape index (κ1) is 24.8. The number of piperidine rings is 1. The molecule has 0 bridgehead atoms. The number of carboxylic acids is 1. The monoisotopic (exact) mass is 433 g/mol. The summed E-state index contributed by atoms with van der Waals surface area (Å²) < 4.78 is 5.21. The number of halogens is 2. The molecule has 1 unspecified atom stereocenters. The topological polar surface area (TPSA) is 65.0 Å². The maximum atomic E-state index is 10.6. The molecule has 2 fully saturated rings. The molecule has 0 amide bonds. The third-order valence-corrected chi connectivity index (χ3v) is 5.55. The molecule has 2 aliphatic heterocycles. The molecule has 6 nitrogen and oxygen atoms in total. The normalized spacial score (nSPS) is 20.8. The molecule has 2 saturated heterocycles. The Hall–Kier alpha value is -1.21. The quantitative estimate of drug-likeness (QED) is 0.688. The summed E-state index contributed by atoms with van der Waals surface area (Å²) in [7, 11) is 0. The highest BCUT2D eigenvalue weighted by molar-refractivity contribution is 5.85. The van der Waals surface area contributed by atoms with Crippen LogP contribution in [0.3, 0.4) is 0 Å². The van der Waals surface area contributed by atoms with E-state index in [-0.39, 0.29) is 31.4 Å². The average Bonchev–Trinajstić information content (AvgIpc) is 2.66. The fourth-order valence-electron chi connectivity index (χ4n) is 4.03. The van der Waals surface area contributed by atoms with Crippen molar-refractivity contribution >= 4 is 36.5 Å². The van der Waals surface area contributed by atoms with E-state index in [2.05, 4.69) is 22.0 Å². The molecule has 1 aromatic rings. The molecule has 0 spiro atoms. The average molecular weight is 434 g/mol. The SMILES string of the molecule is CC1CN(CCC2CCNCC2)CCN1c1ccc(OCC(=O)O)cc1.Cl.Cl. The second kappa shape index (κ2) is 12.4. The van der Waals surface area contributed by atoms with Crippen molar-refractivity contribution < 1.29 is 14.6 Å². The lowest BCUT2D eigenvalue weighted by Crippen LogP contribution is -2.52. The van der Waals surface area contributed by atoms with Gasteiger partial charge in [-0.25, -0.2) is 4.79 Å². The van der Waals surface area contributed by atoms with E-state index in [1.54, 1.807) is 0 Å². The highest BCUT2D eigenvalue weighted by atomic mass is 35.5. The van der Waals surface area contributed by atoms with Gasteiger partial charge in [-0.1, -0.05) is 0 Å². The smallest absolute Gasteiger partial charge is 0.341 e. The first-order chi connectivity index (χ1) is 12.6. The van der Waals surface area contributed by atoms with Crippen LogP contribution in [0.15, 0.2) is 24.3 Å². The summed E-state index contributed by atoms with van der Waals surface area (Å²) in [6, 6.07) is 8.24. The number of ether oxygens (including phenoxy) is 1. The second-order valence-corrected chi connectivity index (χ2v) is 7.50. The van der Waals surface area contributed by atoms with Crippen LogP contribution in [-0.4, -0.2) is 67.9 Å². The van der Waals surface area contributed by atoms with E-state index < -0.39 is 5.97 Å². The second-order valence-electron chi connectivity index (χ2n) is 7.50. The first-order valence-corrected chi connectivity index (χ1v) is 9.76. The van der Waals surface area contributed by atoms with Gasteiger partial charge in [0, 0.05) is 31.4 Å². The number of nitrogens with zero attached hydrogens (tertiary/aromatic N) is 2. The maximum Gasteiger partial charge on any atom is 0.341 e. The minimum absolute atomic E-state index is 0. The number of hydrogen-bond acceptors (Lipinski definition) is 5. The van der Waals surface area contributed by atoms with Crippen LogP contribution in [0.4, 0.5) is 5.69 Å². The van der Waals surface area contributed by atoms with Gasteiger partial charge in [-0.2, -0.15) is 0 Å². The van der Waals surface area contributed by atoms with Crippen LogP contribution in [0.5, 0.6) is 5.75 Å². The molecule has 0 aliphatic carbocycles. The molecule has 0 radical (unpaired) electrons. The number of nitrogens with one attached hydrogen (secondary N) is 1. The summed E-state index contributed by atoms with van der Waals surface area (Å²) in [6.07, 6.45) is 3.97. The number of carboxylic acid groups (broad SMARTS) is 1. The van der Waals surface area contributed by atoms with E-state index in [9.17, 15) is 4.79 Å². The highest BCUT2D eigenvalue weighted by Crippen LogP contribution is 2.24. The van der Waals surface area contributed by atoms with Crippen LogP contribution < -0.4 is 15.0 Å². The Labute approximate surface area is 180 Å². The van der Waals surface area contributed by atoms with Crippen LogP contribution in [-0.2, 0) is 4.79 Å². The van der Waals surface area contributed by atoms with Gasteiger partial charge in [0.25, 0.3) is 0 Å². The molecule has 8 heteroatoms. The summed E-state index contributed by atoms with van der Waals surface area (Å²) in [4.78, 5) is 15.6. The van der Waals surface area contributed by atoms with E-state index in [1.807, 2.05) is 24.3 Å². The van der Waals surface area contributed by atoms with Gasteiger partial charge in [0.1, 0.15) is 5.75 Å². The Bertz CT molecular complexity index is 583. The first-order valence-electron chi connectivity index (χ1n) is 9.76. The van der Waals surface area contributed by atoms with Crippen LogP contribution in [0.25, 0.3) is 0 Å². The minimum Gasteiger partial charge on any atom is -0.482 e. The largest absolute Gasteiger partial charge is 0.482 e. The summed E-state index contributed by atoms with van der Waals surface area (Å²) in [5.41, 5.74) is 1.18. The van der Waals surface area contributed by atoms with E-state index >= 15 is 0 Å². The van der Waals surface area contributed by atoms with Crippen molar-refractivity contribution in [3.05, 3.63) is 24.3 Å². The number of carbonyl (C=O) groups is 1. The highest BCUT2D eigenvalue weighted by Gasteiger charge is 2.24. The lowest BCUT2D eigenvalue weighted by molar-refractivity contribution is -0.139. The van der Waals surface area contributed by atoms with Gasteiger partial charge in [-0.15, -0.1) is 24.8 Å². The Kier molecular flexibility index (Phi) is 11.0. The van der Waals surface area contributed by atoms with Gasteiger partial charge in [0.15, 0.2) is 6.61 Å². The Morgan fingerprint density at radius 3 is 2.46 bits per heavy atom. The molecule has 160 valence electrons. The van der Waals surface area contributed by atoms with Gasteiger partial charge in [0.05, 0.1) is 0 Å². The lowest BCUT2D eigenvalue weighted by atomic mass is 9.94. The number of benzene rings is 1. The molecule has 28 heavy (non-hydrogen) atoms. The Morgan fingerprint density at radius 2 is 1.86 bits per heavy atom. The molecule has 0 aromatic heterocycles. The fraction of sp³-hybridized carbons (Fsp3) is 0.650. The van der Waals surface area contributed by atoms with Crippen molar-refractivity contribution in [2.75, 3.05) is 50.8 Å². The molecule has 0 saturated carbocycles. The van der Waals surface area contributed by atoms with Crippen LogP contribution in [0, 0.1) is 5.92 Å². The van der Waals surface area contributed by atoms with Crippen molar-refractivity contribution in [3.63, 3.8) is 0 Å². The Morgan fingerprint density at radius 1 is 1.18 bits per heavy atom. The van der Waals surface area contributed by atoms with Gasteiger partial charge in [-0.3, -0.25) is 4.90 Å². The van der Waals surface area contributed by atoms with E-state index in [1.165, 1.54) is 44.6 Å². The molecule has 2 aliphatic rings. The molecule has 2 heterocycles. The summed E-state index contributed by atoms with van der Waals surface area (Å²) in [5.74, 6) is 0.538. The number of rotatable bonds is 7. The maximum absolute atomic E-state index is 10.6. The van der Waals surface area contributed by atoms with Gasteiger partial charge in [-0.05, 0) is 76.0 Å². The fourth-order valence-corrected chi connectivity index (χ4v) is 4.03. The molecule has 2 N–H and O–H groups in total. The summed E-state index contributed by atoms with van der Waals surface area (Å²) in [5, 5.41) is 12.1. The van der Waals surface area contributed by atoms with Crippen LogP contribution in [0.2, 0.25) is 0 Å². The Balaban J connectivity index is 0.00000196. The zero-order valence-corrected chi connectivity index (χ0v) is 18.1. The number of hydrogen-bond donors (Lipinski definition) is 2. The summed E-state index contributed by atoms with van der Waals surface area (Å²) in [6.45, 7) is 8.79. The van der Waals surface area contributed by atoms with E-state index in [0.717, 1.165) is 25.6 Å². The molecule has 3 rings (SSSR count). The number of anilines is 1. The predicted octanol–water partition coefficient (Wildman–Crippen LogP) is 2.89. The molecule has 1 atom stereocenters. The third kappa shape index (κ3) is 7.32. The lowest BCUT2D eigenvalue weighted by Gasteiger charge is -2.42. The summed E-state index contributed by atoms with van der Waals surface area (Å²) >= 11 is 0.